The lowest BCUT2D eigenvalue weighted by Gasteiger charge is -2.26. The van der Waals surface area contributed by atoms with Crippen molar-refractivity contribution in [2.45, 2.75) is 38.8 Å². The van der Waals surface area contributed by atoms with Crippen molar-refractivity contribution in [2.75, 3.05) is 40.4 Å². The van der Waals surface area contributed by atoms with Gasteiger partial charge in [-0.25, -0.2) is 0 Å². The fourth-order valence-electron chi connectivity index (χ4n) is 2.80. The number of benzene rings is 1. The number of guanidine groups is 1. The van der Waals surface area contributed by atoms with Crippen LogP contribution in [0.15, 0.2) is 29.3 Å². The average molecular weight is 476 g/mol. The van der Waals surface area contributed by atoms with Gasteiger partial charge < -0.3 is 20.1 Å². The Hall–Kier alpha value is -1.22. The lowest BCUT2D eigenvalue weighted by molar-refractivity contribution is 0.215. The molecule has 1 aromatic rings. The first-order chi connectivity index (χ1) is 12.1. The fraction of sp³-hybridized carbons (Fsp3) is 0.632. The molecule has 0 saturated heterocycles. The third-order valence-electron chi connectivity index (χ3n) is 4.29. The summed E-state index contributed by atoms with van der Waals surface area (Å²) in [6.07, 6.45) is 2.68. The maximum absolute atomic E-state index is 5.71. The molecule has 1 aliphatic rings. The van der Waals surface area contributed by atoms with E-state index in [9.17, 15) is 0 Å². The van der Waals surface area contributed by atoms with Gasteiger partial charge in [-0.05, 0) is 51.0 Å². The van der Waals surface area contributed by atoms with Gasteiger partial charge in [-0.15, -0.1) is 24.0 Å². The zero-order valence-corrected chi connectivity index (χ0v) is 18.7. The van der Waals surface area contributed by atoms with Gasteiger partial charge in [-0.2, -0.15) is 0 Å². The van der Waals surface area contributed by atoms with Crippen molar-refractivity contribution >= 4 is 29.9 Å². The monoisotopic (exact) mass is 476 g/mol. The average Bonchev–Trinajstić information content (AvgIpc) is 3.45. The summed E-state index contributed by atoms with van der Waals surface area (Å²) in [4.78, 5) is 6.82. The Morgan fingerprint density at radius 2 is 1.77 bits per heavy atom. The second-order valence-electron chi connectivity index (χ2n) is 6.51. The smallest absolute Gasteiger partial charge is 0.191 e. The predicted molar refractivity (Wildman–Crippen MR) is 118 cm³/mol. The van der Waals surface area contributed by atoms with Crippen LogP contribution in [0.5, 0.6) is 11.5 Å². The summed E-state index contributed by atoms with van der Waals surface area (Å²) in [5.41, 5.74) is 0. The van der Waals surface area contributed by atoms with Gasteiger partial charge >= 0.3 is 0 Å². The molecule has 0 aromatic heterocycles. The van der Waals surface area contributed by atoms with Gasteiger partial charge in [0.15, 0.2) is 5.96 Å². The number of halogens is 1. The van der Waals surface area contributed by atoms with Crippen LogP contribution in [0.2, 0.25) is 0 Å². The molecule has 1 aromatic carbocycles. The minimum Gasteiger partial charge on any atom is -0.497 e. The molecule has 148 valence electrons. The van der Waals surface area contributed by atoms with E-state index in [0.717, 1.165) is 36.6 Å². The highest BCUT2D eigenvalue weighted by molar-refractivity contribution is 14.0. The van der Waals surface area contributed by atoms with Gasteiger partial charge in [0.2, 0.25) is 0 Å². The Labute approximate surface area is 174 Å². The van der Waals surface area contributed by atoms with Crippen molar-refractivity contribution in [1.29, 1.82) is 0 Å². The molecule has 0 spiro atoms. The molecule has 1 saturated carbocycles. The van der Waals surface area contributed by atoms with Gasteiger partial charge in [0.1, 0.15) is 18.1 Å². The largest absolute Gasteiger partial charge is 0.497 e. The van der Waals surface area contributed by atoms with E-state index in [4.69, 9.17) is 9.47 Å². The van der Waals surface area contributed by atoms with Gasteiger partial charge in [-0.3, -0.25) is 9.89 Å². The molecule has 0 aliphatic heterocycles. The number of aliphatic imine (C=N–C) groups is 1. The van der Waals surface area contributed by atoms with Crippen LogP contribution in [0.25, 0.3) is 0 Å². The predicted octanol–water partition coefficient (Wildman–Crippen LogP) is 2.73. The zero-order chi connectivity index (χ0) is 18.1. The molecule has 2 N–H and O–H groups in total. The number of rotatable bonds is 10. The third kappa shape index (κ3) is 7.99. The van der Waals surface area contributed by atoms with Crippen molar-refractivity contribution in [3.8, 4) is 11.5 Å². The van der Waals surface area contributed by atoms with Crippen molar-refractivity contribution in [3.05, 3.63) is 24.3 Å². The van der Waals surface area contributed by atoms with Crippen LogP contribution in [0.4, 0.5) is 0 Å². The molecule has 1 aliphatic carbocycles. The standard InChI is InChI=1S/C19H32N4O2.HI/c1-15(2)23(16-5-6-16)13-11-21-19(20-3)22-12-14-25-18-9-7-17(24-4)8-10-18;/h7-10,15-16H,5-6,11-14H2,1-4H3,(H2,20,21,22);1H. The van der Waals surface area contributed by atoms with Gasteiger partial charge in [0.05, 0.1) is 13.7 Å². The first-order valence-electron chi connectivity index (χ1n) is 9.11. The van der Waals surface area contributed by atoms with Gasteiger partial charge in [0.25, 0.3) is 0 Å². The number of nitrogens with one attached hydrogen (secondary N) is 2. The summed E-state index contributed by atoms with van der Waals surface area (Å²) >= 11 is 0. The fourth-order valence-corrected chi connectivity index (χ4v) is 2.80. The number of hydrogen-bond donors (Lipinski definition) is 2. The third-order valence-corrected chi connectivity index (χ3v) is 4.29. The van der Waals surface area contributed by atoms with Crippen LogP contribution in [-0.4, -0.2) is 63.3 Å². The highest BCUT2D eigenvalue weighted by Gasteiger charge is 2.29. The van der Waals surface area contributed by atoms with E-state index >= 15 is 0 Å². The molecule has 2 rings (SSSR count). The molecule has 26 heavy (non-hydrogen) atoms. The van der Waals surface area contributed by atoms with Crippen LogP contribution in [0.1, 0.15) is 26.7 Å². The zero-order valence-electron chi connectivity index (χ0n) is 16.3. The second kappa shape index (κ2) is 12.2. The quantitative estimate of drug-likeness (QED) is 0.236. The topological polar surface area (TPSA) is 58.1 Å². The molecule has 0 bridgehead atoms. The van der Waals surface area contributed by atoms with Crippen molar-refractivity contribution in [1.82, 2.24) is 15.5 Å². The summed E-state index contributed by atoms with van der Waals surface area (Å²) in [7, 11) is 3.45. The van der Waals surface area contributed by atoms with Crippen molar-refractivity contribution < 1.29 is 9.47 Å². The van der Waals surface area contributed by atoms with E-state index in [0.29, 0.717) is 19.2 Å². The minimum absolute atomic E-state index is 0. The SMILES string of the molecule is CN=C(NCCOc1ccc(OC)cc1)NCCN(C(C)C)C1CC1.I. The Morgan fingerprint density at radius 3 is 2.31 bits per heavy atom. The molecular weight excluding hydrogens is 443 g/mol. The molecule has 0 radical (unpaired) electrons. The van der Waals surface area contributed by atoms with Crippen molar-refractivity contribution in [3.63, 3.8) is 0 Å². The summed E-state index contributed by atoms with van der Waals surface area (Å²) in [6, 6.07) is 8.98. The number of ether oxygens (including phenoxy) is 2. The molecule has 0 atom stereocenters. The Bertz CT molecular complexity index is 531. The van der Waals surface area contributed by atoms with E-state index in [-0.39, 0.29) is 24.0 Å². The molecule has 1 fully saturated rings. The van der Waals surface area contributed by atoms with Crippen LogP contribution in [0, 0.1) is 0 Å². The highest BCUT2D eigenvalue weighted by Crippen LogP contribution is 2.27. The summed E-state index contributed by atoms with van der Waals surface area (Å²) in [5.74, 6) is 2.48. The molecule has 0 heterocycles. The Kier molecular flexibility index (Phi) is 10.7. The van der Waals surface area contributed by atoms with E-state index in [2.05, 4.69) is 34.4 Å². The first kappa shape index (κ1) is 22.8. The van der Waals surface area contributed by atoms with Gasteiger partial charge in [0, 0.05) is 32.2 Å². The molecular formula is C19H33IN4O2. The first-order valence-corrected chi connectivity index (χ1v) is 9.11. The minimum atomic E-state index is 0. The summed E-state index contributed by atoms with van der Waals surface area (Å²) in [6.45, 7) is 7.75. The summed E-state index contributed by atoms with van der Waals surface area (Å²) in [5, 5.41) is 6.66. The Morgan fingerprint density at radius 1 is 1.15 bits per heavy atom. The highest BCUT2D eigenvalue weighted by atomic mass is 127. The molecule has 0 amide bonds. The summed E-state index contributed by atoms with van der Waals surface area (Å²) < 4.78 is 10.8. The van der Waals surface area contributed by atoms with E-state index in [1.807, 2.05) is 24.3 Å². The number of nitrogens with zero attached hydrogens (tertiary/aromatic N) is 2. The Balaban J connectivity index is 0.00000338. The van der Waals surface area contributed by atoms with Crippen LogP contribution < -0.4 is 20.1 Å². The molecule has 0 unspecified atom stereocenters. The van der Waals surface area contributed by atoms with Crippen LogP contribution in [0.3, 0.4) is 0 Å². The van der Waals surface area contributed by atoms with Crippen molar-refractivity contribution in [2.24, 2.45) is 4.99 Å². The maximum atomic E-state index is 5.71. The van der Waals surface area contributed by atoms with Crippen LogP contribution in [-0.2, 0) is 0 Å². The van der Waals surface area contributed by atoms with Crippen LogP contribution >= 0.6 is 24.0 Å². The molecule has 7 heteroatoms. The van der Waals surface area contributed by atoms with Gasteiger partial charge in [-0.1, -0.05) is 0 Å². The maximum Gasteiger partial charge on any atom is 0.191 e. The lowest BCUT2D eigenvalue weighted by Crippen LogP contribution is -2.44. The van der Waals surface area contributed by atoms with E-state index in [1.165, 1.54) is 12.8 Å². The lowest BCUT2D eigenvalue weighted by atomic mass is 10.3. The van der Waals surface area contributed by atoms with E-state index < -0.39 is 0 Å². The second-order valence-corrected chi connectivity index (χ2v) is 6.51. The molecule has 6 nitrogen and oxygen atoms in total. The van der Waals surface area contributed by atoms with E-state index in [1.54, 1.807) is 14.2 Å². The number of methoxy groups -OCH3 is 1. The normalized spacial score (nSPS) is 14.2. The number of hydrogen-bond acceptors (Lipinski definition) is 4.